The molecule has 2 rings (SSSR count). The van der Waals surface area contributed by atoms with Gasteiger partial charge in [0.05, 0.1) is 0 Å². The highest BCUT2D eigenvalue weighted by atomic mass is 16.8. The van der Waals surface area contributed by atoms with Crippen LogP contribution < -0.4 is 0 Å². The normalized spacial score (nSPS) is 25.6. The smallest absolute Gasteiger partial charge is 0.430 e. The van der Waals surface area contributed by atoms with E-state index in [0.29, 0.717) is 6.61 Å². The fourth-order valence-electron chi connectivity index (χ4n) is 1.66. The van der Waals surface area contributed by atoms with Crippen molar-refractivity contribution >= 4 is 6.16 Å². The minimum Gasteiger partial charge on any atom is -0.430 e. The van der Waals surface area contributed by atoms with Crippen LogP contribution in [0, 0.1) is 0 Å². The Morgan fingerprint density at radius 1 is 1.36 bits per heavy atom. The van der Waals surface area contributed by atoms with Crippen LogP contribution in [-0.4, -0.2) is 12.8 Å². The van der Waals surface area contributed by atoms with E-state index < -0.39 is 11.8 Å². The Bertz CT molecular complexity index is 334. The molecule has 0 saturated carbocycles. The first kappa shape index (κ1) is 9.06. The molecule has 3 heteroatoms. The lowest BCUT2D eigenvalue weighted by Gasteiger charge is -2.23. The Morgan fingerprint density at radius 2 is 2.07 bits per heavy atom. The SMILES string of the molecule is CCC1(c2ccccc2)COC(=O)O1. The molecule has 1 aromatic carbocycles. The van der Waals surface area contributed by atoms with E-state index in [1.807, 2.05) is 37.3 Å². The average Bonchev–Trinajstić information content (AvgIpc) is 2.63. The second kappa shape index (κ2) is 3.33. The summed E-state index contributed by atoms with van der Waals surface area (Å²) >= 11 is 0. The van der Waals surface area contributed by atoms with Crippen LogP contribution >= 0.6 is 0 Å². The number of carbonyl (C=O) groups is 1. The fraction of sp³-hybridized carbons (Fsp3) is 0.364. The predicted molar refractivity (Wildman–Crippen MR) is 50.8 cm³/mol. The van der Waals surface area contributed by atoms with E-state index in [2.05, 4.69) is 0 Å². The monoisotopic (exact) mass is 192 g/mol. The molecule has 1 unspecified atom stereocenters. The summed E-state index contributed by atoms with van der Waals surface area (Å²) in [5.74, 6) is 0. The number of ether oxygens (including phenoxy) is 2. The standard InChI is InChI=1S/C11H12O3/c1-2-11(8-13-10(12)14-11)9-6-4-3-5-7-9/h3-7H,2,8H2,1H3. The van der Waals surface area contributed by atoms with Crippen molar-refractivity contribution in [1.82, 2.24) is 0 Å². The van der Waals surface area contributed by atoms with E-state index in [9.17, 15) is 4.79 Å². The van der Waals surface area contributed by atoms with Crippen molar-refractivity contribution in [3.8, 4) is 0 Å². The van der Waals surface area contributed by atoms with Crippen molar-refractivity contribution in [2.75, 3.05) is 6.61 Å². The zero-order valence-corrected chi connectivity index (χ0v) is 8.03. The van der Waals surface area contributed by atoms with Crippen molar-refractivity contribution in [3.05, 3.63) is 35.9 Å². The third-order valence-corrected chi connectivity index (χ3v) is 2.57. The van der Waals surface area contributed by atoms with Crippen LogP contribution in [0.2, 0.25) is 0 Å². The molecule has 0 aliphatic carbocycles. The molecular weight excluding hydrogens is 180 g/mol. The number of hydrogen-bond donors (Lipinski definition) is 0. The minimum absolute atomic E-state index is 0.312. The highest BCUT2D eigenvalue weighted by Gasteiger charge is 2.42. The van der Waals surface area contributed by atoms with E-state index in [1.165, 1.54) is 0 Å². The van der Waals surface area contributed by atoms with Gasteiger partial charge in [0.15, 0.2) is 5.60 Å². The highest BCUT2D eigenvalue weighted by molar-refractivity contribution is 5.63. The summed E-state index contributed by atoms with van der Waals surface area (Å²) in [6, 6.07) is 9.69. The van der Waals surface area contributed by atoms with Crippen LogP contribution in [0.5, 0.6) is 0 Å². The molecule has 14 heavy (non-hydrogen) atoms. The lowest BCUT2D eigenvalue weighted by atomic mass is 9.92. The van der Waals surface area contributed by atoms with Crippen LogP contribution in [0.25, 0.3) is 0 Å². The van der Waals surface area contributed by atoms with E-state index in [1.54, 1.807) is 0 Å². The van der Waals surface area contributed by atoms with Gasteiger partial charge in [0.1, 0.15) is 6.61 Å². The van der Waals surface area contributed by atoms with Gasteiger partial charge in [-0.3, -0.25) is 0 Å². The van der Waals surface area contributed by atoms with Crippen LogP contribution in [-0.2, 0) is 15.1 Å². The second-order valence-corrected chi connectivity index (χ2v) is 3.35. The highest BCUT2D eigenvalue weighted by Crippen LogP contribution is 2.34. The Balaban J connectivity index is 2.34. The molecule has 0 bridgehead atoms. The molecule has 1 atom stereocenters. The molecule has 1 aromatic rings. The number of hydrogen-bond acceptors (Lipinski definition) is 3. The van der Waals surface area contributed by atoms with Gasteiger partial charge >= 0.3 is 6.16 Å². The molecule has 0 aromatic heterocycles. The maximum absolute atomic E-state index is 10.9. The van der Waals surface area contributed by atoms with Crippen LogP contribution in [0.15, 0.2) is 30.3 Å². The van der Waals surface area contributed by atoms with Crippen molar-refractivity contribution in [2.45, 2.75) is 18.9 Å². The molecule has 1 heterocycles. The predicted octanol–water partition coefficient (Wildman–Crippen LogP) is 2.46. The molecule has 1 fully saturated rings. The topological polar surface area (TPSA) is 35.5 Å². The molecule has 0 amide bonds. The largest absolute Gasteiger partial charge is 0.509 e. The maximum Gasteiger partial charge on any atom is 0.509 e. The Kier molecular flexibility index (Phi) is 2.15. The van der Waals surface area contributed by atoms with Gasteiger partial charge in [-0.25, -0.2) is 4.79 Å². The number of cyclic esters (lactones) is 2. The zero-order valence-electron chi connectivity index (χ0n) is 8.03. The first-order valence-corrected chi connectivity index (χ1v) is 4.68. The lowest BCUT2D eigenvalue weighted by Crippen LogP contribution is -2.27. The van der Waals surface area contributed by atoms with Gasteiger partial charge in [0.25, 0.3) is 0 Å². The van der Waals surface area contributed by atoms with Gasteiger partial charge in [-0.05, 0) is 12.0 Å². The fourth-order valence-corrected chi connectivity index (χ4v) is 1.66. The Labute approximate surface area is 82.6 Å². The molecule has 1 saturated heterocycles. The average molecular weight is 192 g/mol. The van der Waals surface area contributed by atoms with Crippen molar-refractivity contribution in [2.24, 2.45) is 0 Å². The first-order valence-electron chi connectivity index (χ1n) is 4.68. The number of rotatable bonds is 2. The number of carbonyl (C=O) groups excluding carboxylic acids is 1. The van der Waals surface area contributed by atoms with Crippen molar-refractivity contribution in [3.63, 3.8) is 0 Å². The molecule has 1 aliphatic heterocycles. The molecule has 74 valence electrons. The van der Waals surface area contributed by atoms with Gasteiger partial charge in [-0.2, -0.15) is 0 Å². The van der Waals surface area contributed by atoms with Crippen LogP contribution in [0.4, 0.5) is 4.79 Å². The van der Waals surface area contributed by atoms with E-state index in [0.717, 1.165) is 12.0 Å². The third-order valence-electron chi connectivity index (χ3n) is 2.57. The van der Waals surface area contributed by atoms with Crippen LogP contribution in [0.3, 0.4) is 0 Å². The van der Waals surface area contributed by atoms with Crippen molar-refractivity contribution in [1.29, 1.82) is 0 Å². The summed E-state index contributed by atoms with van der Waals surface area (Å²) in [6.45, 7) is 2.29. The van der Waals surface area contributed by atoms with Gasteiger partial charge in [0.2, 0.25) is 0 Å². The van der Waals surface area contributed by atoms with Gasteiger partial charge in [-0.15, -0.1) is 0 Å². The summed E-state index contributed by atoms with van der Waals surface area (Å²) in [4.78, 5) is 10.9. The summed E-state index contributed by atoms with van der Waals surface area (Å²) in [5.41, 5.74) is 0.423. The summed E-state index contributed by atoms with van der Waals surface area (Å²) in [5, 5.41) is 0. The van der Waals surface area contributed by atoms with E-state index >= 15 is 0 Å². The van der Waals surface area contributed by atoms with Gasteiger partial charge in [-0.1, -0.05) is 37.3 Å². The minimum atomic E-state index is -0.573. The van der Waals surface area contributed by atoms with Gasteiger partial charge < -0.3 is 9.47 Å². The second-order valence-electron chi connectivity index (χ2n) is 3.35. The first-order chi connectivity index (χ1) is 6.77. The summed E-state index contributed by atoms with van der Waals surface area (Å²) in [7, 11) is 0. The van der Waals surface area contributed by atoms with Crippen molar-refractivity contribution < 1.29 is 14.3 Å². The third kappa shape index (κ3) is 1.35. The molecule has 0 radical (unpaired) electrons. The quantitative estimate of drug-likeness (QED) is 0.675. The van der Waals surface area contributed by atoms with Gasteiger partial charge in [0, 0.05) is 0 Å². The molecular formula is C11H12O3. The van der Waals surface area contributed by atoms with E-state index in [-0.39, 0.29) is 0 Å². The van der Waals surface area contributed by atoms with E-state index in [4.69, 9.17) is 9.47 Å². The Morgan fingerprint density at radius 3 is 2.57 bits per heavy atom. The summed E-state index contributed by atoms with van der Waals surface area (Å²) in [6.07, 6.45) is 0.152. The zero-order chi connectivity index (χ0) is 10.0. The lowest BCUT2D eigenvalue weighted by molar-refractivity contribution is 0.0510. The molecule has 0 N–H and O–H groups in total. The maximum atomic E-state index is 10.9. The molecule has 1 aliphatic rings. The molecule has 3 nitrogen and oxygen atoms in total. The molecule has 0 spiro atoms. The number of benzene rings is 1. The summed E-state index contributed by atoms with van der Waals surface area (Å²) < 4.78 is 10.1. The Hall–Kier alpha value is -1.51. The van der Waals surface area contributed by atoms with Crippen LogP contribution in [0.1, 0.15) is 18.9 Å².